The van der Waals surface area contributed by atoms with Gasteiger partial charge in [0.2, 0.25) is 11.8 Å². The molecule has 9 nitrogen and oxygen atoms in total. The van der Waals surface area contributed by atoms with Crippen LogP contribution in [0.25, 0.3) is 10.9 Å². The molecule has 3 amide bonds. The van der Waals surface area contributed by atoms with Crippen molar-refractivity contribution in [3.8, 4) is 0 Å². The zero-order chi connectivity index (χ0) is 24.0. The highest BCUT2D eigenvalue weighted by molar-refractivity contribution is 6.43. The lowest BCUT2D eigenvalue weighted by molar-refractivity contribution is -0.130. The van der Waals surface area contributed by atoms with Crippen LogP contribution in [0.15, 0.2) is 30.3 Å². The van der Waals surface area contributed by atoms with Gasteiger partial charge in [0.25, 0.3) is 11.7 Å². The normalized spacial score (nSPS) is 17.8. The number of carbonyl (C=O) groups excluding carboxylic acids is 5. The minimum absolute atomic E-state index is 0.0445. The van der Waals surface area contributed by atoms with Crippen molar-refractivity contribution in [3.63, 3.8) is 0 Å². The predicted molar refractivity (Wildman–Crippen MR) is 122 cm³/mol. The Morgan fingerprint density at radius 1 is 1.18 bits per heavy atom. The first-order valence-electron chi connectivity index (χ1n) is 11.2. The van der Waals surface area contributed by atoms with Gasteiger partial charge in [-0.25, -0.2) is 0 Å². The molecular weight excluding hydrogens is 424 g/mol. The Labute approximate surface area is 192 Å². The quantitative estimate of drug-likeness (QED) is 0.245. The number of H-pyrrole nitrogens is 1. The van der Waals surface area contributed by atoms with Crippen molar-refractivity contribution < 1.29 is 24.0 Å². The minimum atomic E-state index is -0.992. The van der Waals surface area contributed by atoms with Gasteiger partial charge in [0.05, 0.1) is 11.7 Å². The fourth-order valence-electron chi connectivity index (χ4n) is 4.04. The van der Waals surface area contributed by atoms with Gasteiger partial charge in [-0.1, -0.05) is 32.0 Å². The van der Waals surface area contributed by atoms with Crippen LogP contribution < -0.4 is 16.0 Å². The van der Waals surface area contributed by atoms with Crippen LogP contribution in [0.5, 0.6) is 0 Å². The van der Waals surface area contributed by atoms with Crippen molar-refractivity contribution in [2.24, 2.45) is 11.8 Å². The van der Waals surface area contributed by atoms with E-state index < -0.39 is 29.7 Å². The number of aromatic amines is 1. The average molecular weight is 455 g/mol. The molecule has 1 aliphatic rings. The Bertz CT molecular complexity index is 1010. The molecule has 9 heteroatoms. The maximum absolute atomic E-state index is 12.9. The smallest absolute Gasteiger partial charge is 0.294 e. The highest BCUT2D eigenvalue weighted by Crippen LogP contribution is 2.18. The molecule has 1 aromatic carbocycles. The fourth-order valence-corrected chi connectivity index (χ4v) is 4.04. The lowest BCUT2D eigenvalue weighted by Crippen LogP contribution is -2.52. The van der Waals surface area contributed by atoms with Crippen molar-refractivity contribution in [3.05, 3.63) is 36.0 Å². The average Bonchev–Trinajstić information content (AvgIpc) is 3.22. The van der Waals surface area contributed by atoms with E-state index in [2.05, 4.69) is 20.9 Å². The Morgan fingerprint density at radius 2 is 1.94 bits per heavy atom. The summed E-state index contributed by atoms with van der Waals surface area (Å²) in [5.74, 6) is -2.68. The van der Waals surface area contributed by atoms with E-state index in [-0.39, 0.29) is 36.3 Å². The number of hydrogen-bond acceptors (Lipinski definition) is 5. The number of aromatic nitrogens is 1. The number of nitrogens with one attached hydrogen (secondary N) is 4. The van der Waals surface area contributed by atoms with Gasteiger partial charge in [-0.3, -0.25) is 19.2 Å². The molecular formula is C24H30N4O5. The first kappa shape index (κ1) is 24.2. The highest BCUT2D eigenvalue weighted by Gasteiger charge is 2.30. The van der Waals surface area contributed by atoms with E-state index in [0.717, 1.165) is 17.3 Å². The summed E-state index contributed by atoms with van der Waals surface area (Å²) >= 11 is 0. The Kier molecular flexibility index (Phi) is 7.97. The third-order valence-corrected chi connectivity index (χ3v) is 5.74. The Balaban J connectivity index is 1.66. The summed E-state index contributed by atoms with van der Waals surface area (Å²) in [5, 5.41) is 8.70. The van der Waals surface area contributed by atoms with Crippen molar-refractivity contribution in [2.75, 3.05) is 6.54 Å². The molecule has 0 spiro atoms. The third-order valence-electron chi connectivity index (χ3n) is 5.74. The Hall–Kier alpha value is -3.49. The standard InChI is InChI=1S/C24H30N4O5/c1-14(2)10-20(23(32)26-17(13-29)11-16-7-5-9-25-22(16)31)28-24(33)21(30)19-12-15-6-3-4-8-18(15)27-19/h3-4,6,8,12-14,16-17,20,27H,5,7,9-11H2,1-2H3,(H,25,31)(H,26,32)(H,28,33)/t16?,17-,20-/m0/s1. The summed E-state index contributed by atoms with van der Waals surface area (Å²) in [6, 6.07) is 7.00. The number of Topliss-reactive ketones (excluding diaryl/α,β-unsaturated/α-hetero) is 1. The predicted octanol–water partition coefficient (Wildman–Crippen LogP) is 1.48. The monoisotopic (exact) mass is 454 g/mol. The molecule has 1 aromatic heterocycles. The summed E-state index contributed by atoms with van der Waals surface area (Å²) in [6.45, 7) is 4.38. The summed E-state index contributed by atoms with van der Waals surface area (Å²) in [7, 11) is 0. The molecule has 1 unspecified atom stereocenters. The molecule has 176 valence electrons. The first-order valence-corrected chi connectivity index (χ1v) is 11.2. The Morgan fingerprint density at radius 3 is 2.61 bits per heavy atom. The van der Waals surface area contributed by atoms with Gasteiger partial charge in [-0.2, -0.15) is 0 Å². The number of amides is 3. The van der Waals surface area contributed by atoms with E-state index in [0.29, 0.717) is 19.3 Å². The second-order valence-electron chi connectivity index (χ2n) is 8.87. The van der Waals surface area contributed by atoms with Crippen LogP contribution >= 0.6 is 0 Å². The second kappa shape index (κ2) is 10.9. The molecule has 0 aliphatic carbocycles. The molecule has 1 saturated heterocycles. The second-order valence-corrected chi connectivity index (χ2v) is 8.87. The first-order chi connectivity index (χ1) is 15.8. The number of para-hydroxylation sites is 1. The van der Waals surface area contributed by atoms with Crippen LogP contribution in [0, 0.1) is 11.8 Å². The molecule has 4 N–H and O–H groups in total. The van der Waals surface area contributed by atoms with Gasteiger partial charge in [-0.15, -0.1) is 0 Å². The zero-order valence-corrected chi connectivity index (χ0v) is 18.9. The molecule has 1 aliphatic heterocycles. The molecule has 2 heterocycles. The van der Waals surface area contributed by atoms with Gasteiger partial charge >= 0.3 is 0 Å². The molecule has 1 fully saturated rings. The van der Waals surface area contributed by atoms with E-state index in [1.807, 2.05) is 32.0 Å². The zero-order valence-electron chi connectivity index (χ0n) is 18.9. The SMILES string of the molecule is CC(C)C[C@H](NC(=O)C(=O)c1cc2ccccc2[nH]1)C(=O)N[C@H](C=O)CC1CCCNC1=O. The number of aldehydes is 1. The summed E-state index contributed by atoms with van der Waals surface area (Å²) < 4.78 is 0. The number of benzene rings is 1. The topological polar surface area (TPSA) is 137 Å². The van der Waals surface area contributed by atoms with Crippen LogP contribution in [-0.4, -0.2) is 53.4 Å². The van der Waals surface area contributed by atoms with Crippen molar-refractivity contribution >= 4 is 40.7 Å². The highest BCUT2D eigenvalue weighted by atomic mass is 16.2. The number of carbonyl (C=O) groups is 5. The van der Waals surface area contributed by atoms with Gasteiger partial charge in [0, 0.05) is 23.4 Å². The number of rotatable bonds is 10. The van der Waals surface area contributed by atoms with E-state index in [4.69, 9.17) is 0 Å². The van der Waals surface area contributed by atoms with Crippen LogP contribution in [0.4, 0.5) is 0 Å². The van der Waals surface area contributed by atoms with Crippen LogP contribution in [0.2, 0.25) is 0 Å². The molecule has 0 bridgehead atoms. The van der Waals surface area contributed by atoms with Crippen molar-refractivity contribution in [1.82, 2.24) is 20.9 Å². The molecule has 3 rings (SSSR count). The number of piperidine rings is 1. The van der Waals surface area contributed by atoms with Gasteiger partial charge in [0.1, 0.15) is 12.3 Å². The number of hydrogen-bond donors (Lipinski definition) is 4. The van der Waals surface area contributed by atoms with Crippen molar-refractivity contribution in [1.29, 1.82) is 0 Å². The third kappa shape index (κ3) is 6.27. The van der Waals surface area contributed by atoms with Gasteiger partial charge in [0.15, 0.2) is 0 Å². The molecule has 3 atom stereocenters. The lowest BCUT2D eigenvalue weighted by atomic mass is 9.91. The maximum atomic E-state index is 12.9. The fraction of sp³-hybridized carbons (Fsp3) is 0.458. The van der Waals surface area contributed by atoms with Gasteiger partial charge in [-0.05, 0) is 43.7 Å². The molecule has 2 aromatic rings. The summed E-state index contributed by atoms with van der Waals surface area (Å²) in [6.07, 6.45) is 2.54. The molecule has 33 heavy (non-hydrogen) atoms. The summed E-state index contributed by atoms with van der Waals surface area (Å²) in [5.41, 5.74) is 0.859. The lowest BCUT2D eigenvalue weighted by Gasteiger charge is -2.26. The van der Waals surface area contributed by atoms with Crippen LogP contribution in [0.3, 0.4) is 0 Å². The van der Waals surface area contributed by atoms with E-state index in [1.165, 1.54) is 0 Å². The van der Waals surface area contributed by atoms with Crippen LogP contribution in [-0.2, 0) is 19.2 Å². The number of fused-ring (bicyclic) bond motifs is 1. The van der Waals surface area contributed by atoms with E-state index in [1.54, 1.807) is 12.1 Å². The van der Waals surface area contributed by atoms with Crippen molar-refractivity contribution in [2.45, 2.75) is 51.6 Å². The molecule has 0 saturated carbocycles. The minimum Gasteiger partial charge on any atom is -0.356 e. The number of ketones is 1. The maximum Gasteiger partial charge on any atom is 0.294 e. The van der Waals surface area contributed by atoms with Crippen LogP contribution in [0.1, 0.15) is 50.0 Å². The van der Waals surface area contributed by atoms with Gasteiger partial charge < -0.3 is 25.7 Å². The largest absolute Gasteiger partial charge is 0.356 e. The van der Waals surface area contributed by atoms with E-state index in [9.17, 15) is 24.0 Å². The summed E-state index contributed by atoms with van der Waals surface area (Å²) in [4.78, 5) is 64.7. The van der Waals surface area contributed by atoms with E-state index >= 15 is 0 Å². The molecule has 0 radical (unpaired) electrons.